The molecule has 0 spiro atoms. The van der Waals surface area contributed by atoms with Crippen molar-refractivity contribution in [2.24, 2.45) is 0 Å². The summed E-state index contributed by atoms with van der Waals surface area (Å²) in [6.45, 7) is 0.0169. The number of hydrogen-bond acceptors (Lipinski definition) is 4. The van der Waals surface area contributed by atoms with Gasteiger partial charge in [-0.25, -0.2) is 0 Å². The quantitative estimate of drug-likeness (QED) is 0.682. The molecule has 0 atom stereocenters. The summed E-state index contributed by atoms with van der Waals surface area (Å²) in [6, 6.07) is 7.29. The first-order chi connectivity index (χ1) is 11.1. The molecule has 0 bridgehead atoms. The summed E-state index contributed by atoms with van der Waals surface area (Å²) in [4.78, 5) is 37.0. The standard InChI is InChI=1S/C18H15NO4/c1-23-14(21)9-19-12-7-4-8-13(20)15(12)16-17(19)10-5-2-3-6-11(10)18(16)22/h2-3,5-6H,4,7-9H2,1H3. The molecule has 0 saturated carbocycles. The lowest BCUT2D eigenvalue weighted by molar-refractivity contribution is -0.141. The Balaban J connectivity index is 2.03. The lowest BCUT2D eigenvalue weighted by atomic mass is 9.92. The van der Waals surface area contributed by atoms with Gasteiger partial charge < -0.3 is 9.30 Å². The highest BCUT2D eigenvalue weighted by Crippen LogP contribution is 2.43. The van der Waals surface area contributed by atoms with Gasteiger partial charge in [-0.2, -0.15) is 0 Å². The molecule has 1 aromatic carbocycles. The topological polar surface area (TPSA) is 65.4 Å². The first-order valence-electron chi connectivity index (χ1n) is 7.63. The monoisotopic (exact) mass is 309 g/mol. The van der Waals surface area contributed by atoms with E-state index in [1.807, 2.05) is 18.2 Å². The second kappa shape index (κ2) is 4.91. The highest BCUT2D eigenvalue weighted by atomic mass is 16.5. The van der Waals surface area contributed by atoms with Gasteiger partial charge >= 0.3 is 5.97 Å². The van der Waals surface area contributed by atoms with E-state index in [0.717, 1.165) is 17.7 Å². The van der Waals surface area contributed by atoms with Crippen molar-refractivity contribution in [1.82, 2.24) is 4.57 Å². The molecule has 1 aromatic heterocycles. The number of ketones is 2. The molecule has 5 nitrogen and oxygen atoms in total. The summed E-state index contributed by atoms with van der Waals surface area (Å²) < 4.78 is 6.59. The molecule has 2 aliphatic carbocycles. The van der Waals surface area contributed by atoms with Crippen molar-refractivity contribution in [2.45, 2.75) is 25.8 Å². The molecule has 0 N–H and O–H groups in total. The first-order valence-corrected chi connectivity index (χ1v) is 7.63. The smallest absolute Gasteiger partial charge is 0.325 e. The molecule has 0 radical (unpaired) electrons. The van der Waals surface area contributed by atoms with Gasteiger partial charge in [0.1, 0.15) is 6.54 Å². The van der Waals surface area contributed by atoms with E-state index in [0.29, 0.717) is 35.2 Å². The molecule has 1 heterocycles. The van der Waals surface area contributed by atoms with Gasteiger partial charge in [0.05, 0.1) is 23.9 Å². The van der Waals surface area contributed by atoms with E-state index in [-0.39, 0.29) is 24.1 Å². The minimum atomic E-state index is -0.388. The Kier molecular flexibility index (Phi) is 2.98. The average Bonchev–Trinajstić information content (AvgIpc) is 3.03. The van der Waals surface area contributed by atoms with Crippen molar-refractivity contribution < 1.29 is 19.1 Å². The molecule has 0 unspecified atom stereocenters. The molecule has 116 valence electrons. The van der Waals surface area contributed by atoms with Crippen LogP contribution in [0.3, 0.4) is 0 Å². The molecule has 0 fully saturated rings. The molecule has 5 heteroatoms. The Hall–Kier alpha value is -2.69. The Morgan fingerprint density at radius 1 is 1.13 bits per heavy atom. The van der Waals surface area contributed by atoms with Crippen LogP contribution in [0.2, 0.25) is 0 Å². The number of nitrogens with zero attached hydrogens (tertiary/aromatic N) is 1. The number of Topliss-reactive ketones (excluding diaryl/α,β-unsaturated/α-hetero) is 1. The third-order valence-electron chi connectivity index (χ3n) is 4.64. The SMILES string of the molecule is COC(=O)Cn1c2c(c3c1-c1ccccc1C3=O)C(=O)CCC2. The van der Waals surface area contributed by atoms with Crippen LogP contribution in [-0.2, 0) is 22.5 Å². The van der Waals surface area contributed by atoms with Crippen LogP contribution in [0.25, 0.3) is 11.3 Å². The molecule has 0 amide bonds. The van der Waals surface area contributed by atoms with Gasteiger partial charge in [0.25, 0.3) is 0 Å². The number of methoxy groups -OCH3 is 1. The van der Waals surface area contributed by atoms with Gasteiger partial charge in [-0.05, 0) is 12.8 Å². The maximum atomic E-state index is 12.8. The molecule has 0 saturated heterocycles. The number of esters is 1. The van der Waals surface area contributed by atoms with Crippen molar-refractivity contribution >= 4 is 17.5 Å². The fourth-order valence-corrected chi connectivity index (χ4v) is 3.66. The van der Waals surface area contributed by atoms with Crippen molar-refractivity contribution in [3.8, 4) is 11.3 Å². The predicted molar refractivity (Wildman–Crippen MR) is 82.6 cm³/mol. The summed E-state index contributed by atoms with van der Waals surface area (Å²) in [5.41, 5.74) is 3.85. The van der Waals surface area contributed by atoms with E-state index in [2.05, 4.69) is 0 Å². The molecule has 23 heavy (non-hydrogen) atoms. The molecule has 2 aromatic rings. The summed E-state index contributed by atoms with van der Waals surface area (Å²) in [6.07, 6.45) is 1.89. The largest absolute Gasteiger partial charge is 0.468 e. The third kappa shape index (κ3) is 1.82. The fourth-order valence-electron chi connectivity index (χ4n) is 3.66. The number of rotatable bonds is 2. The van der Waals surface area contributed by atoms with Crippen LogP contribution in [0, 0.1) is 0 Å². The zero-order valence-electron chi connectivity index (χ0n) is 12.7. The van der Waals surface area contributed by atoms with Crippen LogP contribution in [0.15, 0.2) is 24.3 Å². The number of carbonyl (C=O) groups is 3. The maximum absolute atomic E-state index is 12.8. The van der Waals surface area contributed by atoms with Crippen LogP contribution in [-0.4, -0.2) is 29.2 Å². The minimum Gasteiger partial charge on any atom is -0.468 e. The van der Waals surface area contributed by atoms with E-state index in [1.54, 1.807) is 10.6 Å². The number of carbonyl (C=O) groups excluding carboxylic acids is 3. The van der Waals surface area contributed by atoms with Crippen molar-refractivity contribution in [2.75, 3.05) is 7.11 Å². The van der Waals surface area contributed by atoms with Crippen molar-refractivity contribution in [3.63, 3.8) is 0 Å². The molecular formula is C18H15NO4. The molecular weight excluding hydrogens is 294 g/mol. The van der Waals surface area contributed by atoms with Crippen LogP contribution < -0.4 is 0 Å². The van der Waals surface area contributed by atoms with Crippen molar-refractivity contribution in [1.29, 1.82) is 0 Å². The second-order valence-electron chi connectivity index (χ2n) is 5.86. The van der Waals surface area contributed by atoms with Gasteiger partial charge in [0.15, 0.2) is 11.6 Å². The summed E-state index contributed by atoms with van der Waals surface area (Å²) >= 11 is 0. The van der Waals surface area contributed by atoms with Crippen LogP contribution in [0.4, 0.5) is 0 Å². The Bertz CT molecular complexity index is 875. The summed E-state index contributed by atoms with van der Waals surface area (Å²) in [5, 5.41) is 0. The number of fused-ring (bicyclic) bond motifs is 5. The van der Waals surface area contributed by atoms with Gasteiger partial charge in [-0.15, -0.1) is 0 Å². The number of ether oxygens (including phenoxy) is 1. The number of aromatic nitrogens is 1. The molecule has 2 aliphatic rings. The Labute approximate surface area is 132 Å². The van der Waals surface area contributed by atoms with E-state index in [4.69, 9.17) is 4.74 Å². The second-order valence-corrected chi connectivity index (χ2v) is 5.86. The van der Waals surface area contributed by atoms with Crippen LogP contribution in [0.5, 0.6) is 0 Å². The highest BCUT2D eigenvalue weighted by Gasteiger charge is 2.39. The predicted octanol–water partition coefficient (Wildman–Crippen LogP) is 2.39. The number of benzene rings is 1. The van der Waals surface area contributed by atoms with Gasteiger partial charge in [0.2, 0.25) is 0 Å². The third-order valence-corrected chi connectivity index (χ3v) is 4.64. The van der Waals surface area contributed by atoms with E-state index >= 15 is 0 Å². The van der Waals surface area contributed by atoms with Crippen LogP contribution >= 0.6 is 0 Å². The molecule has 0 aliphatic heterocycles. The average molecular weight is 309 g/mol. The molecule has 4 rings (SSSR count). The first kappa shape index (κ1) is 13.9. The highest BCUT2D eigenvalue weighted by molar-refractivity contribution is 6.26. The lowest BCUT2D eigenvalue weighted by Gasteiger charge is -2.16. The maximum Gasteiger partial charge on any atom is 0.325 e. The van der Waals surface area contributed by atoms with Gasteiger partial charge in [-0.1, -0.05) is 24.3 Å². The zero-order chi connectivity index (χ0) is 16.1. The Morgan fingerprint density at radius 3 is 2.61 bits per heavy atom. The zero-order valence-corrected chi connectivity index (χ0v) is 12.7. The van der Waals surface area contributed by atoms with E-state index in [9.17, 15) is 14.4 Å². The summed E-state index contributed by atoms with van der Waals surface area (Å²) in [7, 11) is 1.34. The van der Waals surface area contributed by atoms with E-state index in [1.165, 1.54) is 7.11 Å². The lowest BCUT2D eigenvalue weighted by Crippen LogP contribution is -2.19. The normalized spacial score (nSPS) is 15.2. The van der Waals surface area contributed by atoms with Gasteiger partial charge in [0, 0.05) is 23.2 Å². The van der Waals surface area contributed by atoms with E-state index < -0.39 is 0 Å². The summed E-state index contributed by atoms with van der Waals surface area (Å²) in [5.74, 6) is -0.515. The number of hydrogen-bond donors (Lipinski definition) is 0. The van der Waals surface area contributed by atoms with Crippen LogP contribution in [0.1, 0.15) is 44.8 Å². The Morgan fingerprint density at radius 2 is 1.87 bits per heavy atom. The van der Waals surface area contributed by atoms with Crippen molar-refractivity contribution in [3.05, 3.63) is 46.6 Å². The van der Waals surface area contributed by atoms with Gasteiger partial charge in [-0.3, -0.25) is 14.4 Å². The minimum absolute atomic E-state index is 0.00716. The fraction of sp³-hybridized carbons (Fsp3) is 0.278.